The van der Waals surface area contributed by atoms with Gasteiger partial charge in [-0.25, -0.2) is 4.79 Å². The van der Waals surface area contributed by atoms with Crippen molar-refractivity contribution in [1.29, 1.82) is 0 Å². The Hall–Kier alpha value is -2.19. The van der Waals surface area contributed by atoms with Gasteiger partial charge in [0.1, 0.15) is 5.75 Å². The lowest BCUT2D eigenvalue weighted by molar-refractivity contribution is -0.136. The van der Waals surface area contributed by atoms with Crippen LogP contribution >= 0.6 is 23.2 Å². The molecule has 0 aliphatic carbocycles. The number of hydrogen-bond donors (Lipinski definition) is 3. The number of rotatable bonds is 4. The Morgan fingerprint density at radius 3 is 2.23 bits per heavy atom. The summed E-state index contributed by atoms with van der Waals surface area (Å²) in [6.07, 6.45) is 0.803. The first-order valence-electron chi connectivity index (χ1n) is 9.89. The van der Waals surface area contributed by atoms with Crippen molar-refractivity contribution < 1.29 is 24.6 Å². The van der Waals surface area contributed by atoms with Crippen molar-refractivity contribution in [2.75, 3.05) is 26.2 Å². The second-order valence-corrected chi connectivity index (χ2v) is 8.69. The molecule has 10 heteroatoms. The Morgan fingerprint density at radius 1 is 1.07 bits per heavy atom. The Morgan fingerprint density at radius 2 is 1.67 bits per heavy atom. The summed E-state index contributed by atoms with van der Waals surface area (Å²) < 4.78 is 0. The normalized spacial score (nSPS) is 20.8. The van der Waals surface area contributed by atoms with E-state index in [0.717, 1.165) is 0 Å². The summed E-state index contributed by atoms with van der Waals surface area (Å²) in [6, 6.07) is 2.47. The van der Waals surface area contributed by atoms with Crippen LogP contribution in [0.2, 0.25) is 10.0 Å². The van der Waals surface area contributed by atoms with Gasteiger partial charge < -0.3 is 25.3 Å². The molecule has 2 aliphatic heterocycles. The summed E-state index contributed by atoms with van der Waals surface area (Å²) in [7, 11) is 0. The molecule has 3 amide bonds. The number of amides is 3. The maximum atomic E-state index is 12.8. The number of aromatic hydroxyl groups is 1. The molecule has 0 bridgehead atoms. The summed E-state index contributed by atoms with van der Waals surface area (Å²) >= 11 is 12.1. The Labute approximate surface area is 184 Å². The predicted molar refractivity (Wildman–Crippen MR) is 112 cm³/mol. The molecular formula is C20H25Cl2N3O5. The summed E-state index contributed by atoms with van der Waals surface area (Å²) in [5, 5.41) is 22.9. The first kappa shape index (κ1) is 22.5. The van der Waals surface area contributed by atoms with Crippen LogP contribution in [0.5, 0.6) is 5.75 Å². The first-order chi connectivity index (χ1) is 14.2. The van der Waals surface area contributed by atoms with Crippen LogP contribution in [-0.2, 0) is 9.59 Å². The summed E-state index contributed by atoms with van der Waals surface area (Å²) in [5.74, 6) is -0.598. The highest BCUT2D eigenvalue weighted by atomic mass is 35.5. The van der Waals surface area contributed by atoms with Gasteiger partial charge in [-0.3, -0.25) is 9.59 Å². The van der Waals surface area contributed by atoms with Crippen LogP contribution in [0.4, 0.5) is 4.79 Å². The highest BCUT2D eigenvalue weighted by Crippen LogP contribution is 2.39. The quantitative estimate of drug-likeness (QED) is 0.642. The van der Waals surface area contributed by atoms with Crippen LogP contribution in [0.3, 0.4) is 0 Å². The molecule has 2 saturated heterocycles. The van der Waals surface area contributed by atoms with E-state index < -0.39 is 12.1 Å². The van der Waals surface area contributed by atoms with Gasteiger partial charge in [-0.1, -0.05) is 23.2 Å². The van der Waals surface area contributed by atoms with E-state index in [0.29, 0.717) is 44.5 Å². The van der Waals surface area contributed by atoms with E-state index in [4.69, 9.17) is 28.3 Å². The van der Waals surface area contributed by atoms with Gasteiger partial charge >= 0.3 is 6.09 Å². The standard InChI is InChI=1S/C20H25Cl2N3O5/c1-11(26)23-18(14-8-15(21)16(22)9-17(14)27)12-2-5-24(6-3-12)19(28)13-4-7-25(10-13)20(29)30/h8-9,12-13,18,27H,2-7,10H2,1H3,(H,23,26)(H,29,30)/t13-,18?/m1/s1. The van der Waals surface area contributed by atoms with E-state index in [1.807, 2.05) is 0 Å². The minimum absolute atomic E-state index is 0.000174. The molecule has 1 unspecified atom stereocenters. The van der Waals surface area contributed by atoms with Crippen LogP contribution in [0.1, 0.15) is 37.8 Å². The number of phenolic OH excluding ortho intramolecular Hbond substituents is 1. The van der Waals surface area contributed by atoms with Gasteiger partial charge in [-0.2, -0.15) is 0 Å². The molecule has 3 rings (SSSR count). The Balaban J connectivity index is 1.68. The van der Waals surface area contributed by atoms with E-state index in [1.165, 1.54) is 17.9 Å². The molecule has 1 aromatic rings. The second kappa shape index (κ2) is 9.31. The molecule has 1 aromatic carbocycles. The third-order valence-corrected chi connectivity index (χ3v) is 6.62. The van der Waals surface area contributed by atoms with Crippen LogP contribution in [0, 0.1) is 11.8 Å². The highest BCUT2D eigenvalue weighted by Gasteiger charge is 2.37. The van der Waals surface area contributed by atoms with Gasteiger partial charge in [0.2, 0.25) is 11.8 Å². The lowest BCUT2D eigenvalue weighted by Crippen LogP contribution is -2.45. The fourth-order valence-corrected chi connectivity index (χ4v) is 4.65. The number of hydrogen-bond acceptors (Lipinski definition) is 4. The average Bonchev–Trinajstić information content (AvgIpc) is 3.19. The van der Waals surface area contributed by atoms with Crippen molar-refractivity contribution in [2.24, 2.45) is 11.8 Å². The topological polar surface area (TPSA) is 110 Å². The molecule has 2 atom stereocenters. The maximum absolute atomic E-state index is 12.8. The molecule has 0 aromatic heterocycles. The van der Waals surface area contributed by atoms with Crippen molar-refractivity contribution in [2.45, 2.75) is 32.2 Å². The molecule has 2 aliphatic rings. The van der Waals surface area contributed by atoms with Gasteiger partial charge in [-0.15, -0.1) is 0 Å². The number of benzene rings is 1. The SMILES string of the molecule is CC(=O)NC(c1cc(Cl)c(Cl)cc1O)C1CCN(C(=O)[C@@H]2CCN(C(=O)O)C2)CC1. The molecule has 164 valence electrons. The summed E-state index contributed by atoms with van der Waals surface area (Å²) in [5.41, 5.74) is 0.497. The average molecular weight is 458 g/mol. The molecule has 2 fully saturated rings. The summed E-state index contributed by atoms with van der Waals surface area (Å²) in [6.45, 7) is 3.04. The first-order valence-corrected chi connectivity index (χ1v) is 10.6. The third-order valence-electron chi connectivity index (χ3n) is 5.89. The zero-order valence-electron chi connectivity index (χ0n) is 16.6. The van der Waals surface area contributed by atoms with Crippen LogP contribution in [0.25, 0.3) is 0 Å². The summed E-state index contributed by atoms with van der Waals surface area (Å²) in [4.78, 5) is 38.7. The molecule has 0 spiro atoms. The molecule has 2 heterocycles. The lowest BCUT2D eigenvalue weighted by Gasteiger charge is -2.37. The maximum Gasteiger partial charge on any atom is 0.407 e. The third kappa shape index (κ3) is 4.92. The molecule has 0 radical (unpaired) electrons. The molecule has 30 heavy (non-hydrogen) atoms. The zero-order valence-corrected chi connectivity index (χ0v) is 18.1. The number of carboxylic acid groups (broad SMARTS) is 1. The minimum atomic E-state index is -0.997. The molecule has 3 N–H and O–H groups in total. The van der Waals surface area contributed by atoms with Gasteiger partial charge in [-0.05, 0) is 31.2 Å². The Kier molecular flexibility index (Phi) is 6.98. The highest BCUT2D eigenvalue weighted by molar-refractivity contribution is 6.42. The van der Waals surface area contributed by atoms with Crippen molar-refractivity contribution in [3.8, 4) is 5.75 Å². The van der Waals surface area contributed by atoms with Crippen molar-refractivity contribution in [1.82, 2.24) is 15.1 Å². The number of nitrogens with one attached hydrogen (secondary N) is 1. The van der Waals surface area contributed by atoms with Gasteiger partial charge in [0.05, 0.1) is 22.0 Å². The fraction of sp³-hybridized carbons (Fsp3) is 0.550. The number of likely N-dealkylation sites (tertiary alicyclic amines) is 2. The van der Waals surface area contributed by atoms with E-state index >= 15 is 0 Å². The number of piperidine rings is 1. The number of carbonyl (C=O) groups excluding carboxylic acids is 2. The largest absolute Gasteiger partial charge is 0.508 e. The van der Waals surface area contributed by atoms with Crippen molar-refractivity contribution >= 4 is 41.1 Å². The predicted octanol–water partition coefficient (Wildman–Crippen LogP) is 3.11. The monoisotopic (exact) mass is 457 g/mol. The van der Waals surface area contributed by atoms with Gasteiger partial charge in [0.25, 0.3) is 0 Å². The number of halogens is 2. The van der Waals surface area contributed by atoms with E-state index in [1.54, 1.807) is 11.0 Å². The number of carbonyl (C=O) groups is 3. The van der Waals surface area contributed by atoms with Gasteiger partial charge in [0, 0.05) is 44.7 Å². The molecular weight excluding hydrogens is 433 g/mol. The number of nitrogens with zero attached hydrogens (tertiary/aromatic N) is 2. The van der Waals surface area contributed by atoms with Crippen LogP contribution in [0.15, 0.2) is 12.1 Å². The fourth-order valence-electron chi connectivity index (χ4n) is 4.32. The molecule has 0 saturated carbocycles. The van der Waals surface area contributed by atoms with Gasteiger partial charge in [0.15, 0.2) is 0 Å². The zero-order chi connectivity index (χ0) is 22.0. The van der Waals surface area contributed by atoms with Crippen molar-refractivity contribution in [3.63, 3.8) is 0 Å². The smallest absolute Gasteiger partial charge is 0.407 e. The number of phenols is 1. The Bertz CT molecular complexity index is 842. The minimum Gasteiger partial charge on any atom is -0.508 e. The van der Waals surface area contributed by atoms with E-state index in [2.05, 4.69) is 5.32 Å². The van der Waals surface area contributed by atoms with Crippen LogP contribution < -0.4 is 5.32 Å². The van der Waals surface area contributed by atoms with E-state index in [9.17, 15) is 19.5 Å². The van der Waals surface area contributed by atoms with Crippen LogP contribution in [-0.4, -0.2) is 64.1 Å². The lowest BCUT2D eigenvalue weighted by atomic mass is 9.84. The van der Waals surface area contributed by atoms with Crippen molar-refractivity contribution in [3.05, 3.63) is 27.7 Å². The molecule has 8 nitrogen and oxygen atoms in total. The van der Waals surface area contributed by atoms with E-state index in [-0.39, 0.29) is 46.0 Å². The second-order valence-electron chi connectivity index (χ2n) is 7.88.